The van der Waals surface area contributed by atoms with Gasteiger partial charge in [0.25, 0.3) is 0 Å². The summed E-state index contributed by atoms with van der Waals surface area (Å²) in [6, 6.07) is 2.85. The van der Waals surface area contributed by atoms with Crippen molar-refractivity contribution in [2.45, 2.75) is 70.6 Å². The zero-order valence-electron chi connectivity index (χ0n) is 12.5. The Hall–Kier alpha value is -0.120. The third-order valence-electron chi connectivity index (χ3n) is 4.85. The second-order valence-corrected chi connectivity index (χ2v) is 6.40. The van der Waals surface area contributed by atoms with E-state index < -0.39 is 0 Å². The zero-order valence-corrected chi connectivity index (χ0v) is 12.5. The second-order valence-electron chi connectivity index (χ2n) is 6.40. The summed E-state index contributed by atoms with van der Waals surface area (Å²) in [5.74, 6) is 0.647. The topological polar surface area (TPSA) is 24.5 Å². The molecule has 2 aliphatic rings. The van der Waals surface area contributed by atoms with Gasteiger partial charge < -0.3 is 15.0 Å². The summed E-state index contributed by atoms with van der Waals surface area (Å²) in [5.41, 5.74) is 0. The molecule has 0 saturated carbocycles. The fourth-order valence-corrected chi connectivity index (χ4v) is 3.53. The van der Waals surface area contributed by atoms with E-state index in [0.29, 0.717) is 18.0 Å². The highest BCUT2D eigenvalue weighted by Gasteiger charge is 2.38. The second kappa shape index (κ2) is 6.36. The lowest BCUT2D eigenvalue weighted by Gasteiger charge is -2.39. The minimum Gasteiger partial charge on any atom is -0.380 e. The predicted molar refractivity (Wildman–Crippen MR) is 75.8 cm³/mol. The van der Waals surface area contributed by atoms with E-state index in [1.807, 2.05) is 0 Å². The van der Waals surface area contributed by atoms with Crippen LogP contribution in [0, 0.1) is 5.92 Å². The van der Waals surface area contributed by atoms with Crippen molar-refractivity contribution in [1.29, 1.82) is 0 Å². The average Bonchev–Trinajstić information content (AvgIpc) is 2.57. The van der Waals surface area contributed by atoms with E-state index in [2.05, 4.69) is 38.0 Å². The molecule has 1 N–H and O–H groups in total. The van der Waals surface area contributed by atoms with Gasteiger partial charge in [-0.25, -0.2) is 0 Å². The van der Waals surface area contributed by atoms with Crippen molar-refractivity contribution in [2.75, 3.05) is 20.3 Å². The Bertz CT molecular complexity index is 243. The summed E-state index contributed by atoms with van der Waals surface area (Å²) in [7, 11) is 2.30. The first-order chi connectivity index (χ1) is 8.61. The molecule has 106 valence electrons. The van der Waals surface area contributed by atoms with Gasteiger partial charge >= 0.3 is 0 Å². The largest absolute Gasteiger partial charge is 0.380 e. The Balaban J connectivity index is 1.84. The fourth-order valence-electron chi connectivity index (χ4n) is 3.53. The van der Waals surface area contributed by atoms with Gasteiger partial charge in [-0.3, -0.25) is 0 Å². The number of hydrogen-bond donors (Lipinski definition) is 1. The third-order valence-corrected chi connectivity index (χ3v) is 4.85. The van der Waals surface area contributed by atoms with Crippen LogP contribution in [0.3, 0.4) is 0 Å². The highest BCUT2D eigenvalue weighted by molar-refractivity contribution is 4.96. The molecule has 0 radical (unpaired) electrons. The van der Waals surface area contributed by atoms with Crippen molar-refractivity contribution in [3.8, 4) is 0 Å². The quantitative estimate of drug-likeness (QED) is 0.787. The van der Waals surface area contributed by atoms with Gasteiger partial charge in [-0.05, 0) is 45.6 Å². The smallest absolute Gasteiger partial charge is 0.0622 e. The van der Waals surface area contributed by atoms with Gasteiger partial charge in [0.2, 0.25) is 0 Å². The van der Waals surface area contributed by atoms with Gasteiger partial charge in [0, 0.05) is 30.8 Å². The molecule has 0 aromatic heterocycles. The summed E-state index contributed by atoms with van der Waals surface area (Å²) >= 11 is 0. The van der Waals surface area contributed by atoms with Crippen LogP contribution in [0.2, 0.25) is 0 Å². The first-order valence-corrected chi connectivity index (χ1v) is 7.67. The number of ether oxygens (including phenoxy) is 1. The lowest BCUT2D eigenvalue weighted by molar-refractivity contribution is 0.0862. The van der Waals surface area contributed by atoms with Gasteiger partial charge in [0.05, 0.1) is 6.61 Å². The Morgan fingerprint density at radius 3 is 2.33 bits per heavy atom. The Morgan fingerprint density at radius 1 is 1.22 bits per heavy atom. The molecule has 3 unspecified atom stereocenters. The molecular formula is C15H30N2O. The highest BCUT2D eigenvalue weighted by atomic mass is 16.5. The van der Waals surface area contributed by atoms with E-state index in [1.165, 1.54) is 25.7 Å². The van der Waals surface area contributed by atoms with E-state index in [0.717, 1.165) is 25.3 Å². The molecule has 0 spiro atoms. The minimum absolute atomic E-state index is 0.512. The van der Waals surface area contributed by atoms with Crippen LogP contribution in [-0.2, 0) is 4.74 Å². The first-order valence-electron chi connectivity index (χ1n) is 7.67. The van der Waals surface area contributed by atoms with E-state index in [-0.39, 0.29) is 0 Å². The van der Waals surface area contributed by atoms with Crippen molar-refractivity contribution in [3.63, 3.8) is 0 Å². The molecule has 3 atom stereocenters. The molecule has 0 aromatic rings. The SMILES string of the molecule is CCOCC(NC1CC2CCC(C1)N2C)C(C)C. The van der Waals surface area contributed by atoms with Crippen LogP contribution in [0.1, 0.15) is 46.5 Å². The number of hydrogen-bond acceptors (Lipinski definition) is 3. The van der Waals surface area contributed by atoms with Crippen LogP contribution >= 0.6 is 0 Å². The van der Waals surface area contributed by atoms with E-state index in [1.54, 1.807) is 0 Å². The monoisotopic (exact) mass is 254 g/mol. The summed E-state index contributed by atoms with van der Waals surface area (Å²) in [6.45, 7) is 8.34. The molecule has 0 aliphatic carbocycles. The first kappa shape index (κ1) is 14.3. The Morgan fingerprint density at radius 2 is 1.83 bits per heavy atom. The van der Waals surface area contributed by atoms with Crippen LogP contribution in [0.25, 0.3) is 0 Å². The Labute approximate surface area is 112 Å². The molecule has 0 amide bonds. The molecule has 2 aliphatic heterocycles. The molecule has 2 heterocycles. The van der Waals surface area contributed by atoms with Crippen LogP contribution in [0.4, 0.5) is 0 Å². The number of piperidine rings is 1. The van der Waals surface area contributed by atoms with Gasteiger partial charge in [-0.15, -0.1) is 0 Å². The molecule has 3 nitrogen and oxygen atoms in total. The molecular weight excluding hydrogens is 224 g/mol. The van der Waals surface area contributed by atoms with Crippen LogP contribution < -0.4 is 5.32 Å². The molecule has 18 heavy (non-hydrogen) atoms. The van der Waals surface area contributed by atoms with Crippen LogP contribution in [-0.4, -0.2) is 49.3 Å². The number of nitrogens with zero attached hydrogens (tertiary/aromatic N) is 1. The van der Waals surface area contributed by atoms with Crippen LogP contribution in [0.5, 0.6) is 0 Å². The number of nitrogens with one attached hydrogen (secondary N) is 1. The van der Waals surface area contributed by atoms with Crippen molar-refractivity contribution in [1.82, 2.24) is 10.2 Å². The maximum absolute atomic E-state index is 5.62. The fraction of sp³-hybridized carbons (Fsp3) is 1.00. The molecule has 3 heteroatoms. The molecule has 2 bridgehead atoms. The predicted octanol–water partition coefficient (Wildman–Crippen LogP) is 2.26. The van der Waals surface area contributed by atoms with E-state index in [4.69, 9.17) is 4.74 Å². The molecule has 0 aromatic carbocycles. The van der Waals surface area contributed by atoms with Crippen molar-refractivity contribution in [3.05, 3.63) is 0 Å². The Kier molecular flexibility index (Phi) is 5.05. The number of rotatable bonds is 6. The lowest BCUT2D eigenvalue weighted by Crippen LogP contribution is -2.52. The van der Waals surface area contributed by atoms with Crippen molar-refractivity contribution >= 4 is 0 Å². The standard InChI is InChI=1S/C15H30N2O/c1-5-18-10-15(11(2)3)16-12-8-13-6-7-14(9-12)17(13)4/h11-16H,5-10H2,1-4H3. The summed E-state index contributed by atoms with van der Waals surface area (Å²) in [5, 5.41) is 3.86. The number of fused-ring (bicyclic) bond motifs is 2. The minimum atomic E-state index is 0.512. The van der Waals surface area contributed by atoms with E-state index in [9.17, 15) is 0 Å². The van der Waals surface area contributed by atoms with Gasteiger partial charge in [-0.1, -0.05) is 13.8 Å². The molecule has 2 fully saturated rings. The van der Waals surface area contributed by atoms with Crippen LogP contribution in [0.15, 0.2) is 0 Å². The van der Waals surface area contributed by atoms with Gasteiger partial charge in [0.15, 0.2) is 0 Å². The summed E-state index contributed by atoms with van der Waals surface area (Å²) in [4.78, 5) is 2.60. The highest BCUT2D eigenvalue weighted by Crippen LogP contribution is 2.34. The van der Waals surface area contributed by atoms with E-state index >= 15 is 0 Å². The molecule has 2 saturated heterocycles. The van der Waals surface area contributed by atoms with Crippen molar-refractivity contribution < 1.29 is 4.74 Å². The zero-order chi connectivity index (χ0) is 13.1. The maximum Gasteiger partial charge on any atom is 0.0622 e. The summed E-state index contributed by atoms with van der Waals surface area (Å²) < 4.78 is 5.62. The summed E-state index contributed by atoms with van der Waals surface area (Å²) in [6.07, 6.45) is 5.44. The van der Waals surface area contributed by atoms with Gasteiger partial charge in [-0.2, -0.15) is 0 Å². The average molecular weight is 254 g/mol. The maximum atomic E-state index is 5.62. The van der Waals surface area contributed by atoms with Gasteiger partial charge in [0.1, 0.15) is 0 Å². The van der Waals surface area contributed by atoms with Crippen molar-refractivity contribution in [2.24, 2.45) is 5.92 Å². The normalized spacial score (nSPS) is 34.2. The molecule has 2 rings (SSSR count). The lowest BCUT2D eigenvalue weighted by atomic mass is 9.95. The third kappa shape index (κ3) is 3.25.